The molecule has 2 heterocycles. The number of benzene rings is 1. The van der Waals surface area contributed by atoms with Gasteiger partial charge in [0, 0.05) is 18.0 Å². The Bertz CT molecular complexity index is 1030. The van der Waals surface area contributed by atoms with E-state index in [1.54, 1.807) is 6.07 Å². The van der Waals surface area contributed by atoms with E-state index in [2.05, 4.69) is 21.2 Å². The number of likely N-dealkylation sites (N-methyl/N-ethyl adjacent to an activating group) is 1. The highest BCUT2D eigenvalue weighted by atomic mass is 79.9. The van der Waals surface area contributed by atoms with E-state index in [0.29, 0.717) is 34.9 Å². The molecular weight excluding hydrogens is 463 g/mol. The molecule has 4 rings (SSSR count). The van der Waals surface area contributed by atoms with Crippen molar-refractivity contribution in [3.8, 4) is 0 Å². The highest BCUT2D eigenvalue weighted by molar-refractivity contribution is 9.10. The number of fused-ring (bicyclic) bond motifs is 2. The smallest absolute Gasteiger partial charge is 0.394 e. The van der Waals surface area contributed by atoms with Gasteiger partial charge in [-0.2, -0.15) is 0 Å². The van der Waals surface area contributed by atoms with Gasteiger partial charge in [0.05, 0.1) is 28.7 Å². The number of carbonyl (C=O) groups is 1. The average molecular weight is 486 g/mol. The molecule has 1 amide bonds. The van der Waals surface area contributed by atoms with E-state index in [4.69, 9.17) is 0 Å². The number of aliphatic hydroxyl groups is 1. The summed E-state index contributed by atoms with van der Waals surface area (Å²) >= 11 is 3.19. The molecule has 0 fully saturated rings. The number of hydrogen-bond acceptors (Lipinski definition) is 3. The zero-order chi connectivity index (χ0) is 21.8. The Labute approximate surface area is 180 Å². The third kappa shape index (κ3) is 3.36. The molecule has 162 valence electrons. The van der Waals surface area contributed by atoms with Crippen molar-refractivity contribution in [3.05, 3.63) is 40.0 Å². The molecular formula is C21H23BrF3N3O2. The zero-order valence-electron chi connectivity index (χ0n) is 16.6. The van der Waals surface area contributed by atoms with Crippen molar-refractivity contribution in [2.75, 3.05) is 20.2 Å². The van der Waals surface area contributed by atoms with Crippen molar-refractivity contribution in [1.29, 1.82) is 0 Å². The van der Waals surface area contributed by atoms with Gasteiger partial charge in [0.25, 0.3) is 0 Å². The van der Waals surface area contributed by atoms with Crippen LogP contribution in [0, 0.1) is 5.92 Å². The molecule has 3 unspecified atom stereocenters. The Morgan fingerprint density at radius 2 is 2.13 bits per heavy atom. The number of alkyl halides is 3. The summed E-state index contributed by atoms with van der Waals surface area (Å²) in [4.78, 5) is 14.8. The molecule has 0 radical (unpaired) electrons. The van der Waals surface area contributed by atoms with Crippen molar-refractivity contribution in [2.45, 2.75) is 38.1 Å². The van der Waals surface area contributed by atoms with Gasteiger partial charge in [-0.25, -0.2) is 4.57 Å². The topological polar surface area (TPSA) is 57.5 Å². The lowest BCUT2D eigenvalue weighted by atomic mass is 9.79. The van der Waals surface area contributed by atoms with E-state index < -0.39 is 12.2 Å². The summed E-state index contributed by atoms with van der Waals surface area (Å²) in [5, 5.41) is 12.8. The minimum atomic E-state index is -4.54. The molecule has 1 aromatic carbocycles. The van der Waals surface area contributed by atoms with Crippen molar-refractivity contribution in [2.24, 2.45) is 5.92 Å². The number of hydrogen-bond donors (Lipinski definition) is 2. The monoisotopic (exact) mass is 485 g/mol. The molecule has 1 aromatic heterocycles. The van der Waals surface area contributed by atoms with Crippen LogP contribution in [0.1, 0.15) is 24.5 Å². The van der Waals surface area contributed by atoms with Crippen molar-refractivity contribution < 1.29 is 23.1 Å². The van der Waals surface area contributed by atoms with E-state index in [9.17, 15) is 23.1 Å². The quantitative estimate of drug-likeness (QED) is 0.694. The second-order valence-electron chi connectivity index (χ2n) is 7.96. The summed E-state index contributed by atoms with van der Waals surface area (Å²) < 4.78 is 41.6. The van der Waals surface area contributed by atoms with Gasteiger partial charge in [-0.15, -0.1) is 13.2 Å². The molecule has 5 nitrogen and oxygen atoms in total. The van der Waals surface area contributed by atoms with Crippen LogP contribution in [0.15, 0.2) is 28.9 Å². The van der Waals surface area contributed by atoms with Crippen molar-refractivity contribution in [1.82, 2.24) is 14.8 Å². The molecule has 2 aromatic rings. The summed E-state index contributed by atoms with van der Waals surface area (Å²) in [6.07, 6.45) is -1.60. The number of amides is 1. The number of aromatic nitrogens is 1. The normalized spacial score (nSPS) is 22.6. The van der Waals surface area contributed by atoms with E-state index in [1.807, 2.05) is 31.0 Å². The lowest BCUT2D eigenvalue weighted by Crippen LogP contribution is -2.48. The van der Waals surface area contributed by atoms with E-state index >= 15 is 0 Å². The first kappa shape index (κ1) is 21.4. The molecule has 0 bridgehead atoms. The maximum atomic E-state index is 13.7. The largest absolute Gasteiger partial charge is 0.489 e. The van der Waals surface area contributed by atoms with E-state index in [1.165, 1.54) is 6.07 Å². The third-order valence-corrected chi connectivity index (χ3v) is 6.98. The molecule has 9 heteroatoms. The molecule has 0 saturated carbocycles. The molecule has 2 aliphatic rings. The maximum Gasteiger partial charge on any atom is 0.489 e. The number of nitrogens with zero attached hydrogens (tertiary/aromatic N) is 2. The fourth-order valence-corrected chi connectivity index (χ4v) is 5.34. The summed E-state index contributed by atoms with van der Waals surface area (Å²) in [7, 11) is 1.89. The van der Waals surface area contributed by atoms with Gasteiger partial charge in [-0.3, -0.25) is 9.69 Å². The number of nitrogens with one attached hydrogen (secondary N) is 1. The van der Waals surface area contributed by atoms with Crippen LogP contribution in [0.3, 0.4) is 0 Å². The molecule has 0 saturated heterocycles. The average Bonchev–Trinajstić information content (AvgIpc) is 2.99. The molecule has 2 N–H and O–H groups in total. The Morgan fingerprint density at radius 3 is 2.77 bits per heavy atom. The van der Waals surface area contributed by atoms with Crippen molar-refractivity contribution >= 4 is 38.3 Å². The number of carbonyl (C=O) groups excluding carboxylic acids is 1. The number of rotatable bonds is 4. The van der Waals surface area contributed by atoms with Gasteiger partial charge >= 0.3 is 6.30 Å². The lowest BCUT2D eigenvalue weighted by molar-refractivity contribution is -0.202. The van der Waals surface area contributed by atoms with E-state index in [0.717, 1.165) is 11.1 Å². The fourth-order valence-electron chi connectivity index (χ4n) is 4.59. The first-order valence-corrected chi connectivity index (χ1v) is 10.7. The standard InChI is InChI=1S/C21H23BrF3N3O2/c1-3-12(10-29)26-20(30)11-7-14-13-5-4-6-16-18(13)15(8-17(14)27(2)9-11)19(22)28(16)21(23,24)25/h4-7,11-12,17,29H,3,8-10H2,1-2H3,(H,26,30). The van der Waals surface area contributed by atoms with Crippen molar-refractivity contribution in [3.63, 3.8) is 0 Å². The Kier molecular flexibility index (Phi) is 5.48. The van der Waals surface area contributed by atoms with Crippen LogP contribution >= 0.6 is 15.9 Å². The third-order valence-electron chi connectivity index (χ3n) is 6.15. The fraction of sp³-hybridized carbons (Fsp3) is 0.476. The van der Waals surface area contributed by atoms with Gasteiger partial charge in [0.1, 0.15) is 0 Å². The van der Waals surface area contributed by atoms with Crippen LogP contribution in [-0.4, -0.2) is 52.8 Å². The van der Waals surface area contributed by atoms with Crippen LogP contribution in [0.4, 0.5) is 13.2 Å². The molecule has 0 spiro atoms. The molecule has 30 heavy (non-hydrogen) atoms. The lowest BCUT2D eigenvalue weighted by Gasteiger charge is -2.39. The second kappa shape index (κ2) is 7.69. The van der Waals surface area contributed by atoms with Gasteiger partial charge < -0.3 is 10.4 Å². The Balaban J connectivity index is 1.82. The predicted molar refractivity (Wildman–Crippen MR) is 112 cm³/mol. The predicted octanol–water partition coefficient (Wildman–Crippen LogP) is 3.64. The van der Waals surface area contributed by atoms with Crippen LogP contribution in [0.5, 0.6) is 0 Å². The summed E-state index contributed by atoms with van der Waals surface area (Å²) in [5.74, 6) is -0.618. The highest BCUT2D eigenvalue weighted by Gasteiger charge is 2.41. The van der Waals surface area contributed by atoms with Crippen LogP contribution in [0.25, 0.3) is 16.5 Å². The number of aliphatic hydroxyl groups excluding tert-OH is 1. The molecule has 1 aliphatic carbocycles. The first-order valence-electron chi connectivity index (χ1n) is 9.89. The maximum absolute atomic E-state index is 13.7. The van der Waals surface area contributed by atoms with E-state index in [-0.39, 0.29) is 34.7 Å². The van der Waals surface area contributed by atoms with Gasteiger partial charge in [-0.1, -0.05) is 25.1 Å². The van der Waals surface area contributed by atoms with Crippen LogP contribution in [-0.2, 0) is 17.5 Å². The van der Waals surface area contributed by atoms with Crippen LogP contribution in [0.2, 0.25) is 0 Å². The molecule has 1 aliphatic heterocycles. The number of halogens is 4. The Hall–Kier alpha value is -1.84. The van der Waals surface area contributed by atoms with Crippen LogP contribution < -0.4 is 5.32 Å². The SMILES string of the molecule is CCC(CO)NC(=O)C1C=C2c3cccc4c3c(c(Br)n4C(F)(F)F)CC2N(C)C1. The van der Waals surface area contributed by atoms with Gasteiger partial charge in [0.2, 0.25) is 5.91 Å². The Morgan fingerprint density at radius 1 is 1.40 bits per heavy atom. The second-order valence-corrected chi connectivity index (χ2v) is 8.71. The summed E-state index contributed by atoms with van der Waals surface area (Å²) in [5.41, 5.74) is 2.37. The molecule has 3 atom stereocenters. The minimum absolute atomic E-state index is 0.0403. The van der Waals surface area contributed by atoms with Gasteiger partial charge in [-0.05, 0) is 58.6 Å². The summed E-state index contributed by atoms with van der Waals surface area (Å²) in [6.45, 7) is 2.21. The first-order chi connectivity index (χ1) is 14.2. The summed E-state index contributed by atoms with van der Waals surface area (Å²) in [6, 6.07) is 4.52. The highest BCUT2D eigenvalue weighted by Crippen LogP contribution is 2.47. The zero-order valence-corrected chi connectivity index (χ0v) is 18.2. The van der Waals surface area contributed by atoms with Gasteiger partial charge in [0.15, 0.2) is 0 Å². The minimum Gasteiger partial charge on any atom is -0.394 e.